The molecule has 0 bridgehead atoms. The van der Waals surface area contributed by atoms with E-state index in [-0.39, 0.29) is 18.4 Å². The zero-order valence-electron chi connectivity index (χ0n) is 12.5. The molecule has 1 amide bonds. The zero-order chi connectivity index (χ0) is 15.4. The van der Waals surface area contributed by atoms with Crippen LogP contribution in [0.15, 0.2) is 6.07 Å². The Labute approximate surface area is 124 Å². The van der Waals surface area contributed by atoms with Crippen LogP contribution in [0.3, 0.4) is 0 Å². The molecule has 2 heterocycles. The van der Waals surface area contributed by atoms with Gasteiger partial charge in [0.1, 0.15) is 0 Å². The molecule has 0 unspecified atom stereocenters. The number of aromatic nitrogens is 2. The number of carbonyl (C=O) groups is 2. The number of aliphatic carboxylic acids is 1. The average Bonchev–Trinajstić information content (AvgIpc) is 2.44. The first-order valence-electron chi connectivity index (χ1n) is 7.31. The SMILES string of the molecule is CC(=O)N1CCCC[C@@H]1c1nc(C)cc(CCC(=O)O)n1. The van der Waals surface area contributed by atoms with Crippen molar-refractivity contribution in [2.45, 2.75) is 52.0 Å². The van der Waals surface area contributed by atoms with Crippen LogP contribution in [0.1, 0.15) is 55.9 Å². The van der Waals surface area contributed by atoms with Crippen LogP contribution in [-0.4, -0.2) is 38.4 Å². The lowest BCUT2D eigenvalue weighted by molar-refractivity contribution is -0.137. The summed E-state index contributed by atoms with van der Waals surface area (Å²) in [5.41, 5.74) is 1.54. The van der Waals surface area contributed by atoms with Gasteiger partial charge in [-0.3, -0.25) is 9.59 Å². The van der Waals surface area contributed by atoms with Crippen molar-refractivity contribution < 1.29 is 14.7 Å². The molecule has 0 saturated carbocycles. The van der Waals surface area contributed by atoms with E-state index in [0.29, 0.717) is 12.2 Å². The van der Waals surface area contributed by atoms with Gasteiger partial charge in [0.15, 0.2) is 5.82 Å². The van der Waals surface area contributed by atoms with E-state index in [0.717, 1.165) is 37.2 Å². The molecule has 1 aromatic heterocycles. The lowest BCUT2D eigenvalue weighted by Gasteiger charge is -2.34. The molecule has 2 rings (SSSR count). The van der Waals surface area contributed by atoms with Crippen LogP contribution >= 0.6 is 0 Å². The minimum atomic E-state index is -0.837. The largest absolute Gasteiger partial charge is 0.481 e. The van der Waals surface area contributed by atoms with Crippen LogP contribution in [0.25, 0.3) is 0 Å². The number of amides is 1. The van der Waals surface area contributed by atoms with Crippen molar-refractivity contribution in [2.24, 2.45) is 0 Å². The number of piperidine rings is 1. The number of carboxylic acid groups (broad SMARTS) is 1. The highest BCUT2D eigenvalue weighted by Crippen LogP contribution is 2.29. The Morgan fingerprint density at radius 3 is 2.81 bits per heavy atom. The van der Waals surface area contributed by atoms with Crippen LogP contribution in [-0.2, 0) is 16.0 Å². The smallest absolute Gasteiger partial charge is 0.303 e. The molecule has 0 spiro atoms. The molecular weight excluding hydrogens is 270 g/mol. The van der Waals surface area contributed by atoms with Crippen LogP contribution in [0, 0.1) is 6.92 Å². The van der Waals surface area contributed by atoms with Gasteiger partial charge in [0, 0.05) is 31.3 Å². The first-order chi connectivity index (χ1) is 9.97. The van der Waals surface area contributed by atoms with Gasteiger partial charge in [0.2, 0.25) is 5.91 Å². The minimum absolute atomic E-state index is 0.0388. The molecule has 0 aliphatic carbocycles. The van der Waals surface area contributed by atoms with E-state index in [1.165, 1.54) is 0 Å². The lowest BCUT2D eigenvalue weighted by Crippen LogP contribution is -2.38. The second-order valence-electron chi connectivity index (χ2n) is 5.48. The Morgan fingerprint density at radius 1 is 1.38 bits per heavy atom. The highest BCUT2D eigenvalue weighted by Gasteiger charge is 2.28. The summed E-state index contributed by atoms with van der Waals surface area (Å²) in [4.78, 5) is 33.2. The fraction of sp³-hybridized carbons (Fsp3) is 0.600. The number of rotatable bonds is 4. The highest BCUT2D eigenvalue weighted by atomic mass is 16.4. The maximum absolute atomic E-state index is 11.8. The van der Waals surface area contributed by atoms with E-state index in [1.54, 1.807) is 6.92 Å². The Morgan fingerprint density at radius 2 is 2.14 bits per heavy atom. The Kier molecular flexibility index (Phi) is 4.88. The summed E-state index contributed by atoms with van der Waals surface area (Å²) >= 11 is 0. The predicted molar refractivity (Wildman–Crippen MR) is 76.7 cm³/mol. The van der Waals surface area contributed by atoms with Gasteiger partial charge >= 0.3 is 5.97 Å². The Hall–Kier alpha value is -1.98. The minimum Gasteiger partial charge on any atom is -0.481 e. The van der Waals surface area contributed by atoms with Gasteiger partial charge < -0.3 is 10.0 Å². The maximum atomic E-state index is 11.8. The maximum Gasteiger partial charge on any atom is 0.303 e. The number of carbonyl (C=O) groups excluding carboxylic acids is 1. The summed E-state index contributed by atoms with van der Waals surface area (Å²) in [6, 6.07) is 1.73. The first kappa shape index (κ1) is 15.4. The standard InChI is InChI=1S/C15H21N3O3/c1-10-9-12(6-7-14(20)21)17-15(16-10)13-5-3-4-8-18(13)11(2)19/h9,13H,3-8H2,1-2H3,(H,20,21)/t13-/m1/s1. The predicted octanol–water partition coefficient (Wildman–Crippen LogP) is 1.88. The van der Waals surface area contributed by atoms with Crippen molar-refractivity contribution in [2.75, 3.05) is 6.54 Å². The van der Waals surface area contributed by atoms with Crippen LogP contribution in [0.4, 0.5) is 0 Å². The molecular formula is C15H21N3O3. The fourth-order valence-corrected chi connectivity index (χ4v) is 2.75. The number of hydrogen-bond donors (Lipinski definition) is 1. The topological polar surface area (TPSA) is 83.4 Å². The third-order valence-electron chi connectivity index (χ3n) is 3.72. The van der Waals surface area contributed by atoms with Gasteiger partial charge in [0.05, 0.1) is 12.5 Å². The second kappa shape index (κ2) is 6.65. The van der Waals surface area contributed by atoms with Crippen LogP contribution in [0.5, 0.6) is 0 Å². The molecule has 1 aromatic rings. The fourth-order valence-electron chi connectivity index (χ4n) is 2.75. The molecule has 1 saturated heterocycles. The van der Waals surface area contributed by atoms with Crippen molar-refractivity contribution in [1.82, 2.24) is 14.9 Å². The lowest BCUT2D eigenvalue weighted by atomic mass is 10.0. The molecule has 1 atom stereocenters. The number of carboxylic acids is 1. The molecule has 6 heteroatoms. The number of aryl methyl sites for hydroxylation is 2. The van der Waals surface area contributed by atoms with Gasteiger partial charge in [-0.15, -0.1) is 0 Å². The molecule has 1 aliphatic rings. The molecule has 21 heavy (non-hydrogen) atoms. The molecule has 6 nitrogen and oxygen atoms in total. The molecule has 1 aliphatic heterocycles. The van der Waals surface area contributed by atoms with E-state index in [2.05, 4.69) is 9.97 Å². The second-order valence-corrected chi connectivity index (χ2v) is 5.48. The summed E-state index contributed by atoms with van der Waals surface area (Å²) < 4.78 is 0. The van der Waals surface area contributed by atoms with Crippen molar-refractivity contribution in [3.8, 4) is 0 Å². The van der Waals surface area contributed by atoms with Crippen LogP contribution < -0.4 is 0 Å². The van der Waals surface area contributed by atoms with Gasteiger partial charge in [-0.1, -0.05) is 0 Å². The molecule has 1 N–H and O–H groups in total. The average molecular weight is 291 g/mol. The zero-order valence-corrected chi connectivity index (χ0v) is 12.5. The monoisotopic (exact) mass is 291 g/mol. The van der Waals surface area contributed by atoms with Gasteiger partial charge in [0.25, 0.3) is 0 Å². The molecule has 0 aromatic carbocycles. The van der Waals surface area contributed by atoms with Crippen molar-refractivity contribution in [1.29, 1.82) is 0 Å². The molecule has 1 fully saturated rings. The normalized spacial score (nSPS) is 18.6. The third kappa shape index (κ3) is 4.00. The number of likely N-dealkylation sites (tertiary alicyclic amines) is 1. The Bertz CT molecular complexity index is 545. The van der Waals surface area contributed by atoms with E-state index in [9.17, 15) is 9.59 Å². The van der Waals surface area contributed by atoms with Crippen LogP contribution in [0.2, 0.25) is 0 Å². The summed E-state index contributed by atoms with van der Waals surface area (Å²) in [5, 5.41) is 8.78. The van der Waals surface area contributed by atoms with Gasteiger partial charge in [-0.25, -0.2) is 9.97 Å². The van der Waals surface area contributed by atoms with Crippen molar-refractivity contribution >= 4 is 11.9 Å². The van der Waals surface area contributed by atoms with E-state index < -0.39 is 5.97 Å². The van der Waals surface area contributed by atoms with Crippen molar-refractivity contribution in [3.05, 3.63) is 23.3 Å². The third-order valence-corrected chi connectivity index (χ3v) is 3.72. The molecule has 114 valence electrons. The molecule has 0 radical (unpaired) electrons. The van der Waals surface area contributed by atoms with Gasteiger partial charge in [-0.05, 0) is 32.3 Å². The quantitative estimate of drug-likeness (QED) is 0.915. The first-order valence-corrected chi connectivity index (χ1v) is 7.31. The summed E-state index contributed by atoms with van der Waals surface area (Å²) in [6.45, 7) is 4.18. The Balaban J connectivity index is 2.24. The number of hydrogen-bond acceptors (Lipinski definition) is 4. The van der Waals surface area contributed by atoms with E-state index in [4.69, 9.17) is 5.11 Å². The number of nitrogens with zero attached hydrogens (tertiary/aromatic N) is 3. The van der Waals surface area contributed by atoms with E-state index in [1.807, 2.05) is 17.9 Å². The summed E-state index contributed by atoms with van der Waals surface area (Å²) in [5.74, 6) is -0.155. The van der Waals surface area contributed by atoms with E-state index >= 15 is 0 Å². The summed E-state index contributed by atoms with van der Waals surface area (Å²) in [6.07, 6.45) is 3.36. The highest BCUT2D eigenvalue weighted by molar-refractivity contribution is 5.73. The van der Waals surface area contributed by atoms with Gasteiger partial charge in [-0.2, -0.15) is 0 Å². The summed E-state index contributed by atoms with van der Waals surface area (Å²) in [7, 11) is 0. The van der Waals surface area contributed by atoms with Crippen molar-refractivity contribution in [3.63, 3.8) is 0 Å².